The first-order chi connectivity index (χ1) is 20.3. The van der Waals surface area contributed by atoms with Crippen LogP contribution in [-0.2, 0) is 28.0 Å². The summed E-state index contributed by atoms with van der Waals surface area (Å²) in [5, 5.41) is 20.1. The lowest BCUT2D eigenvalue weighted by Crippen LogP contribution is -2.33. The number of carbonyl (C=O) groups is 2. The number of nitrogens with one attached hydrogen (secondary N) is 1. The van der Waals surface area contributed by atoms with E-state index in [9.17, 15) is 23.5 Å². The van der Waals surface area contributed by atoms with Crippen LogP contribution in [0.1, 0.15) is 42.6 Å². The van der Waals surface area contributed by atoms with Crippen molar-refractivity contribution in [3.63, 3.8) is 0 Å². The third kappa shape index (κ3) is 4.68. The monoisotopic (exact) mass is 623 g/mol. The number of fused-ring (bicyclic) bond motifs is 2. The molecule has 0 aliphatic carbocycles. The van der Waals surface area contributed by atoms with E-state index in [0.717, 1.165) is 6.07 Å². The Morgan fingerprint density at radius 3 is 2.72 bits per heavy atom. The molecule has 220 valence electrons. The summed E-state index contributed by atoms with van der Waals surface area (Å²) in [6.07, 6.45) is 0.174. The molecule has 0 saturated heterocycles. The molecule has 0 unspecified atom stereocenters. The summed E-state index contributed by atoms with van der Waals surface area (Å²) in [5.74, 6) is -3.01. The smallest absolute Gasteiger partial charge is 0.309 e. The Labute approximate surface area is 252 Å². The molecular formula is C29H24ClF2N7O3S. The standard InChI is InChI=1S/C29H24ClF2N7O3S/c1-28(2,27(41)42)10-15-12-43-26(34-15)29(3)19-22(33)35-24(36-23(19)37-25(29)40)21-16-8-7-14(30)9-18(16)39(38-21)11-13-5-4-6-17(31)20(13)32/h4-9,12H,10-11H2,1-3H3,(H,41,42)(H3,33,35,36,37,40)/t29-/m0/s1. The van der Waals surface area contributed by atoms with Crippen LogP contribution in [0.2, 0.25) is 5.02 Å². The Balaban J connectivity index is 1.42. The number of nitrogens with zero attached hydrogens (tertiary/aromatic N) is 5. The number of rotatable bonds is 7. The number of hydrogen-bond donors (Lipinski definition) is 3. The molecule has 4 heterocycles. The topological polar surface area (TPSA) is 149 Å². The van der Waals surface area contributed by atoms with Gasteiger partial charge < -0.3 is 16.2 Å². The van der Waals surface area contributed by atoms with E-state index in [0.29, 0.717) is 37.9 Å². The summed E-state index contributed by atoms with van der Waals surface area (Å²) in [6.45, 7) is 4.78. The predicted molar refractivity (Wildman–Crippen MR) is 158 cm³/mol. The molecule has 1 atom stereocenters. The molecule has 0 fully saturated rings. The minimum absolute atomic E-state index is 0.0244. The Kier molecular flexibility index (Phi) is 6.69. The van der Waals surface area contributed by atoms with Crippen molar-refractivity contribution in [1.29, 1.82) is 0 Å². The summed E-state index contributed by atoms with van der Waals surface area (Å²) in [6, 6.07) is 8.92. The number of aromatic nitrogens is 5. The van der Waals surface area contributed by atoms with Gasteiger partial charge in [-0.15, -0.1) is 11.3 Å². The third-order valence-corrected chi connectivity index (χ3v) is 8.93. The number of nitrogens with two attached hydrogens (primary N) is 1. The van der Waals surface area contributed by atoms with E-state index in [-0.39, 0.29) is 36.0 Å². The first kappa shape index (κ1) is 28.6. The molecule has 0 spiro atoms. The maximum atomic E-state index is 14.5. The fourth-order valence-corrected chi connectivity index (χ4v) is 6.28. The number of carbonyl (C=O) groups excluding carboxylic acids is 1. The molecule has 0 saturated carbocycles. The molecule has 43 heavy (non-hydrogen) atoms. The Morgan fingerprint density at radius 2 is 1.98 bits per heavy atom. The van der Waals surface area contributed by atoms with Crippen LogP contribution in [0.25, 0.3) is 22.4 Å². The molecule has 1 aliphatic heterocycles. The maximum absolute atomic E-state index is 14.5. The first-order valence-electron chi connectivity index (χ1n) is 13.1. The molecule has 5 aromatic rings. The molecular weight excluding hydrogens is 600 g/mol. The lowest BCUT2D eigenvalue weighted by atomic mass is 9.85. The van der Waals surface area contributed by atoms with Gasteiger partial charge >= 0.3 is 5.97 Å². The van der Waals surface area contributed by atoms with Gasteiger partial charge in [0.25, 0.3) is 0 Å². The second-order valence-corrected chi connectivity index (χ2v) is 12.4. The van der Waals surface area contributed by atoms with Crippen molar-refractivity contribution in [2.75, 3.05) is 11.1 Å². The second kappa shape index (κ2) is 10.1. The van der Waals surface area contributed by atoms with Gasteiger partial charge in [-0.05, 0) is 45.0 Å². The number of halogens is 3. The molecule has 6 rings (SSSR count). The zero-order valence-electron chi connectivity index (χ0n) is 23.1. The number of carboxylic acid groups (broad SMARTS) is 1. The molecule has 1 amide bonds. The summed E-state index contributed by atoms with van der Waals surface area (Å²) < 4.78 is 29.9. The normalized spacial score (nSPS) is 16.5. The SMILES string of the molecule is CC(C)(Cc1csc([C@]2(C)C(=O)Nc3nc(-c4nn(Cc5cccc(F)c5F)c5cc(Cl)ccc45)nc(N)c32)n1)C(=O)O. The molecule has 14 heteroatoms. The summed E-state index contributed by atoms with van der Waals surface area (Å²) >= 11 is 7.48. The maximum Gasteiger partial charge on any atom is 0.309 e. The lowest BCUT2D eigenvalue weighted by molar-refractivity contribution is -0.146. The average Bonchev–Trinajstić information content (AvgIpc) is 3.61. The van der Waals surface area contributed by atoms with Gasteiger partial charge in [-0.3, -0.25) is 14.3 Å². The summed E-state index contributed by atoms with van der Waals surface area (Å²) in [7, 11) is 0. The van der Waals surface area contributed by atoms with Crippen molar-refractivity contribution in [2.45, 2.75) is 39.2 Å². The highest BCUT2D eigenvalue weighted by molar-refractivity contribution is 7.10. The predicted octanol–water partition coefficient (Wildman–Crippen LogP) is 5.42. The van der Waals surface area contributed by atoms with Gasteiger partial charge in [0.05, 0.1) is 28.7 Å². The van der Waals surface area contributed by atoms with Crippen molar-refractivity contribution in [3.8, 4) is 11.5 Å². The largest absolute Gasteiger partial charge is 0.481 e. The van der Waals surface area contributed by atoms with E-state index >= 15 is 0 Å². The number of benzene rings is 2. The van der Waals surface area contributed by atoms with E-state index in [2.05, 4.69) is 25.4 Å². The Hall–Kier alpha value is -4.49. The van der Waals surface area contributed by atoms with Crippen LogP contribution in [0.3, 0.4) is 0 Å². The molecule has 2 aromatic carbocycles. The van der Waals surface area contributed by atoms with Gasteiger partial charge in [0.15, 0.2) is 17.5 Å². The van der Waals surface area contributed by atoms with Gasteiger partial charge in [-0.1, -0.05) is 23.7 Å². The van der Waals surface area contributed by atoms with Crippen LogP contribution in [0.15, 0.2) is 41.8 Å². The average molecular weight is 624 g/mol. The van der Waals surface area contributed by atoms with E-state index in [4.69, 9.17) is 17.3 Å². The molecule has 1 aliphatic rings. The number of nitrogen functional groups attached to an aromatic ring is 1. The highest BCUT2D eigenvalue weighted by Gasteiger charge is 2.50. The molecule has 3 aromatic heterocycles. The van der Waals surface area contributed by atoms with Crippen LogP contribution in [0, 0.1) is 17.0 Å². The summed E-state index contributed by atoms with van der Waals surface area (Å²) in [4.78, 5) is 38.7. The molecule has 0 bridgehead atoms. The summed E-state index contributed by atoms with van der Waals surface area (Å²) in [5.41, 5.74) is 5.91. The van der Waals surface area contributed by atoms with Crippen LogP contribution >= 0.6 is 22.9 Å². The fourth-order valence-electron chi connectivity index (χ4n) is 5.13. The van der Waals surface area contributed by atoms with Crippen molar-refractivity contribution in [3.05, 3.63) is 80.3 Å². The van der Waals surface area contributed by atoms with E-state index in [1.54, 1.807) is 44.4 Å². The van der Waals surface area contributed by atoms with Crippen molar-refractivity contribution >= 4 is 57.4 Å². The van der Waals surface area contributed by atoms with E-state index in [1.807, 2.05) is 0 Å². The number of aliphatic carboxylic acids is 1. The minimum atomic E-state index is -1.32. The van der Waals surface area contributed by atoms with Gasteiger partial charge in [-0.2, -0.15) is 5.10 Å². The van der Waals surface area contributed by atoms with Gasteiger partial charge in [-0.25, -0.2) is 23.7 Å². The number of anilines is 2. The highest BCUT2D eigenvalue weighted by atomic mass is 35.5. The quantitative estimate of drug-likeness (QED) is 0.217. The molecule has 0 radical (unpaired) electrons. The Morgan fingerprint density at radius 1 is 1.21 bits per heavy atom. The van der Waals surface area contributed by atoms with E-state index < -0.39 is 34.3 Å². The fraction of sp³-hybridized carbons (Fsp3) is 0.241. The number of amides is 1. The van der Waals surface area contributed by atoms with Crippen LogP contribution in [0.5, 0.6) is 0 Å². The van der Waals surface area contributed by atoms with Crippen LogP contribution in [-0.4, -0.2) is 41.7 Å². The first-order valence-corrected chi connectivity index (χ1v) is 14.3. The van der Waals surface area contributed by atoms with Gasteiger partial charge in [0.1, 0.15) is 27.8 Å². The van der Waals surface area contributed by atoms with E-state index in [1.165, 1.54) is 28.2 Å². The van der Waals surface area contributed by atoms with Crippen LogP contribution < -0.4 is 11.1 Å². The molecule has 4 N–H and O–H groups in total. The Bertz CT molecular complexity index is 1980. The zero-order valence-corrected chi connectivity index (χ0v) is 24.6. The van der Waals surface area contributed by atoms with Gasteiger partial charge in [0, 0.05) is 27.8 Å². The number of carboxylic acids is 1. The highest BCUT2D eigenvalue weighted by Crippen LogP contribution is 2.46. The van der Waals surface area contributed by atoms with Gasteiger partial charge in [0.2, 0.25) is 5.91 Å². The number of thiazole rings is 1. The molecule has 10 nitrogen and oxygen atoms in total. The second-order valence-electron chi connectivity index (χ2n) is 11.1. The van der Waals surface area contributed by atoms with Crippen LogP contribution in [0.4, 0.5) is 20.4 Å². The third-order valence-electron chi connectivity index (χ3n) is 7.58. The van der Waals surface area contributed by atoms with Crippen molar-refractivity contribution < 1.29 is 23.5 Å². The van der Waals surface area contributed by atoms with Crippen molar-refractivity contribution in [1.82, 2.24) is 24.7 Å². The van der Waals surface area contributed by atoms with Crippen molar-refractivity contribution in [2.24, 2.45) is 5.41 Å². The zero-order chi connectivity index (χ0) is 30.8. The minimum Gasteiger partial charge on any atom is -0.481 e. The number of hydrogen-bond acceptors (Lipinski definition) is 8. The lowest BCUT2D eigenvalue weighted by Gasteiger charge is -2.20.